The number of halogens is 1. The number of carbonyl (C=O) groups excluding carboxylic acids is 1. The highest BCUT2D eigenvalue weighted by Gasteiger charge is 1.93. The van der Waals surface area contributed by atoms with Gasteiger partial charge in [-0.2, -0.15) is 0 Å². The molecule has 0 bridgehead atoms. The predicted octanol–water partition coefficient (Wildman–Crippen LogP) is 1.85. The van der Waals surface area contributed by atoms with E-state index in [0.29, 0.717) is 11.0 Å². The van der Waals surface area contributed by atoms with Gasteiger partial charge in [0, 0.05) is 6.08 Å². The summed E-state index contributed by atoms with van der Waals surface area (Å²) in [5.74, 6) is 0. The quantitative estimate of drug-likeness (QED) is 0.388. The predicted molar refractivity (Wildman–Crippen MR) is 39.3 cm³/mol. The molecule has 3 heteroatoms. The van der Waals surface area contributed by atoms with Crippen molar-refractivity contribution in [2.45, 2.75) is 20.0 Å². The van der Waals surface area contributed by atoms with E-state index < -0.39 is 0 Å². The lowest BCUT2D eigenvalue weighted by molar-refractivity contribution is -0.104. The lowest BCUT2D eigenvalue weighted by Gasteiger charge is -2.05. The summed E-state index contributed by atoms with van der Waals surface area (Å²) in [6.07, 6.45) is 2.10. The lowest BCUT2D eigenvalue weighted by atomic mass is 10.5. The molecule has 0 aliphatic heterocycles. The highest BCUT2D eigenvalue weighted by atomic mass is 79.9. The topological polar surface area (TPSA) is 26.3 Å². The first-order valence-electron chi connectivity index (χ1n) is 2.64. The summed E-state index contributed by atoms with van der Waals surface area (Å²) in [4.78, 5) is 9.81. The maximum atomic E-state index is 9.81. The summed E-state index contributed by atoms with van der Waals surface area (Å²) in [5, 5.41) is 0. The van der Waals surface area contributed by atoms with Crippen LogP contribution < -0.4 is 0 Å². The van der Waals surface area contributed by atoms with E-state index in [9.17, 15) is 4.79 Å². The third kappa shape index (κ3) is 5.56. The zero-order valence-electron chi connectivity index (χ0n) is 5.43. The number of ether oxygens (including phenoxy) is 1. The van der Waals surface area contributed by atoms with E-state index >= 15 is 0 Å². The van der Waals surface area contributed by atoms with E-state index in [2.05, 4.69) is 15.9 Å². The second kappa shape index (κ2) is 4.56. The van der Waals surface area contributed by atoms with Crippen LogP contribution in [0.15, 0.2) is 10.7 Å². The van der Waals surface area contributed by atoms with Gasteiger partial charge in [-0.25, -0.2) is 0 Å². The minimum atomic E-state index is 0.107. The van der Waals surface area contributed by atoms with E-state index in [1.54, 1.807) is 0 Å². The Labute approximate surface area is 63.0 Å². The Morgan fingerprint density at radius 1 is 1.67 bits per heavy atom. The van der Waals surface area contributed by atoms with Crippen LogP contribution in [0.2, 0.25) is 0 Å². The molecule has 0 fully saturated rings. The fraction of sp³-hybridized carbons (Fsp3) is 0.500. The molecular formula is C6H9BrO2. The van der Waals surface area contributed by atoms with Crippen molar-refractivity contribution in [3.05, 3.63) is 10.7 Å². The van der Waals surface area contributed by atoms with Crippen molar-refractivity contribution in [1.82, 2.24) is 0 Å². The molecule has 0 saturated carbocycles. The standard InChI is InChI=1S/C6H9BrO2/c1-5(2)9-6(7)3-4-8/h3-5H,1-2H3/b6-3+. The molecule has 0 amide bonds. The average Bonchev–Trinajstić information content (AvgIpc) is 1.63. The average molecular weight is 193 g/mol. The maximum absolute atomic E-state index is 9.81. The molecule has 0 spiro atoms. The van der Waals surface area contributed by atoms with Crippen molar-refractivity contribution in [3.8, 4) is 0 Å². The molecule has 0 radical (unpaired) electrons. The van der Waals surface area contributed by atoms with Crippen molar-refractivity contribution in [1.29, 1.82) is 0 Å². The first-order valence-corrected chi connectivity index (χ1v) is 3.43. The number of allylic oxidation sites excluding steroid dienone is 1. The molecule has 0 unspecified atom stereocenters. The van der Waals surface area contributed by atoms with Crippen LogP contribution in [0.3, 0.4) is 0 Å². The zero-order valence-corrected chi connectivity index (χ0v) is 7.01. The summed E-state index contributed by atoms with van der Waals surface area (Å²) in [6, 6.07) is 0. The summed E-state index contributed by atoms with van der Waals surface area (Å²) < 4.78 is 5.52. The Morgan fingerprint density at radius 3 is 2.56 bits per heavy atom. The second-order valence-electron chi connectivity index (χ2n) is 1.77. The van der Waals surface area contributed by atoms with Crippen LogP contribution in [-0.4, -0.2) is 12.4 Å². The summed E-state index contributed by atoms with van der Waals surface area (Å²) in [6.45, 7) is 3.78. The SMILES string of the molecule is CC(C)O/C(Br)=C/C=O. The molecular weight excluding hydrogens is 184 g/mol. The van der Waals surface area contributed by atoms with Crippen LogP contribution in [0.25, 0.3) is 0 Å². The number of aldehydes is 1. The van der Waals surface area contributed by atoms with Gasteiger partial charge in [0.2, 0.25) is 0 Å². The van der Waals surface area contributed by atoms with Crippen LogP contribution >= 0.6 is 15.9 Å². The zero-order chi connectivity index (χ0) is 7.28. The molecule has 0 rings (SSSR count). The fourth-order valence-corrected chi connectivity index (χ4v) is 0.800. The van der Waals surface area contributed by atoms with Gasteiger partial charge in [-0.05, 0) is 29.8 Å². The lowest BCUT2D eigenvalue weighted by Crippen LogP contribution is -1.98. The van der Waals surface area contributed by atoms with E-state index in [4.69, 9.17) is 4.74 Å². The van der Waals surface area contributed by atoms with E-state index in [0.717, 1.165) is 0 Å². The summed E-state index contributed by atoms with van der Waals surface area (Å²) in [7, 11) is 0. The highest BCUT2D eigenvalue weighted by molar-refractivity contribution is 9.11. The van der Waals surface area contributed by atoms with Crippen LogP contribution in [0.5, 0.6) is 0 Å². The molecule has 0 aromatic heterocycles. The van der Waals surface area contributed by atoms with Crippen molar-refractivity contribution in [3.63, 3.8) is 0 Å². The summed E-state index contributed by atoms with van der Waals surface area (Å²) >= 11 is 3.05. The van der Waals surface area contributed by atoms with Crippen molar-refractivity contribution in [2.24, 2.45) is 0 Å². The van der Waals surface area contributed by atoms with E-state index in [1.165, 1.54) is 6.08 Å². The van der Waals surface area contributed by atoms with E-state index in [-0.39, 0.29) is 6.10 Å². The van der Waals surface area contributed by atoms with Crippen molar-refractivity contribution < 1.29 is 9.53 Å². The van der Waals surface area contributed by atoms with Gasteiger partial charge in [0.15, 0.2) is 4.67 Å². The highest BCUT2D eigenvalue weighted by Crippen LogP contribution is 2.07. The normalized spacial score (nSPS) is 11.8. The Morgan fingerprint density at radius 2 is 2.22 bits per heavy atom. The molecule has 0 aromatic rings. The van der Waals surface area contributed by atoms with Crippen LogP contribution in [0.4, 0.5) is 0 Å². The van der Waals surface area contributed by atoms with Crippen LogP contribution in [-0.2, 0) is 9.53 Å². The molecule has 52 valence electrons. The van der Waals surface area contributed by atoms with E-state index in [1.807, 2.05) is 13.8 Å². The molecule has 0 saturated heterocycles. The molecule has 0 aliphatic carbocycles. The molecule has 0 aromatic carbocycles. The number of carbonyl (C=O) groups is 1. The van der Waals surface area contributed by atoms with Gasteiger partial charge < -0.3 is 4.74 Å². The Balaban J connectivity index is 3.61. The van der Waals surface area contributed by atoms with Gasteiger partial charge in [0.1, 0.15) is 6.29 Å². The number of rotatable bonds is 3. The second-order valence-corrected chi connectivity index (χ2v) is 2.56. The minimum absolute atomic E-state index is 0.107. The molecule has 2 nitrogen and oxygen atoms in total. The molecule has 0 atom stereocenters. The van der Waals surface area contributed by atoms with Crippen molar-refractivity contribution >= 4 is 22.2 Å². The smallest absolute Gasteiger partial charge is 0.165 e. The molecule has 0 N–H and O–H groups in total. The first-order chi connectivity index (χ1) is 4.16. The summed E-state index contributed by atoms with van der Waals surface area (Å²) in [5.41, 5.74) is 0. The molecule has 0 aliphatic rings. The first kappa shape index (κ1) is 8.69. The van der Waals surface area contributed by atoms with Crippen LogP contribution in [0.1, 0.15) is 13.8 Å². The minimum Gasteiger partial charge on any atom is -0.484 e. The van der Waals surface area contributed by atoms with Gasteiger partial charge in [-0.15, -0.1) is 0 Å². The van der Waals surface area contributed by atoms with Gasteiger partial charge in [-0.1, -0.05) is 0 Å². The largest absolute Gasteiger partial charge is 0.484 e. The van der Waals surface area contributed by atoms with Gasteiger partial charge >= 0.3 is 0 Å². The number of hydrogen-bond acceptors (Lipinski definition) is 2. The Bertz CT molecular complexity index is 118. The third-order valence-corrected chi connectivity index (χ3v) is 0.999. The Hall–Kier alpha value is -0.310. The number of hydrogen-bond donors (Lipinski definition) is 0. The monoisotopic (exact) mass is 192 g/mol. The molecule has 0 heterocycles. The maximum Gasteiger partial charge on any atom is 0.165 e. The Kier molecular flexibility index (Phi) is 4.40. The van der Waals surface area contributed by atoms with Crippen LogP contribution in [0, 0.1) is 0 Å². The van der Waals surface area contributed by atoms with Crippen molar-refractivity contribution in [2.75, 3.05) is 0 Å². The molecule has 9 heavy (non-hydrogen) atoms. The van der Waals surface area contributed by atoms with Gasteiger partial charge in [0.05, 0.1) is 6.10 Å². The van der Waals surface area contributed by atoms with Gasteiger partial charge in [0.25, 0.3) is 0 Å². The third-order valence-electron chi connectivity index (χ3n) is 0.547. The fourth-order valence-electron chi connectivity index (χ4n) is 0.318. The van der Waals surface area contributed by atoms with Gasteiger partial charge in [-0.3, -0.25) is 4.79 Å².